The Hall–Kier alpha value is -3.71. The summed E-state index contributed by atoms with van der Waals surface area (Å²) in [6, 6.07) is 21.0. The maximum atomic E-state index is 14.7. The average molecular weight is 461 g/mol. The number of benzene rings is 3. The third kappa shape index (κ3) is 4.73. The van der Waals surface area contributed by atoms with Crippen LogP contribution in [-0.4, -0.2) is 11.8 Å². The molecule has 1 heterocycles. The zero-order valence-corrected chi connectivity index (χ0v) is 18.5. The Morgan fingerprint density at radius 3 is 2.42 bits per heavy atom. The zero-order chi connectivity index (χ0) is 22.8. The van der Waals surface area contributed by atoms with E-state index in [0.717, 1.165) is 12.8 Å². The lowest BCUT2D eigenvalue weighted by Gasteiger charge is -2.10. The highest BCUT2D eigenvalue weighted by molar-refractivity contribution is 7.21. The summed E-state index contributed by atoms with van der Waals surface area (Å²) in [6.07, 6.45) is 1.83. The number of carbonyl (C=O) groups is 2. The molecule has 0 saturated heterocycles. The predicted molar refractivity (Wildman–Crippen MR) is 128 cm³/mol. The van der Waals surface area contributed by atoms with Crippen LogP contribution < -0.4 is 15.4 Å². The van der Waals surface area contributed by atoms with Crippen molar-refractivity contribution in [1.29, 1.82) is 0 Å². The molecule has 1 fully saturated rings. The molecule has 0 spiro atoms. The van der Waals surface area contributed by atoms with Gasteiger partial charge in [-0.2, -0.15) is 0 Å². The topological polar surface area (TPSA) is 67.4 Å². The van der Waals surface area contributed by atoms with E-state index in [9.17, 15) is 14.0 Å². The highest BCUT2D eigenvalue weighted by Gasteiger charge is 2.29. The Balaban J connectivity index is 1.41. The van der Waals surface area contributed by atoms with Crippen LogP contribution in [0, 0.1) is 11.7 Å². The third-order valence-electron chi connectivity index (χ3n) is 5.43. The summed E-state index contributed by atoms with van der Waals surface area (Å²) < 4.78 is 21.2. The fraction of sp³-hybridized carbons (Fsp3) is 0.154. The molecule has 1 saturated carbocycles. The zero-order valence-electron chi connectivity index (χ0n) is 17.6. The van der Waals surface area contributed by atoms with Gasteiger partial charge in [-0.15, -0.1) is 11.3 Å². The van der Waals surface area contributed by atoms with E-state index in [4.69, 9.17) is 4.74 Å². The molecule has 2 N–H and O–H groups in total. The molecule has 33 heavy (non-hydrogen) atoms. The molecule has 4 aromatic rings. The number of carbonyl (C=O) groups excluding carboxylic acids is 2. The van der Waals surface area contributed by atoms with E-state index < -0.39 is 0 Å². The summed E-state index contributed by atoms with van der Waals surface area (Å²) in [5.41, 5.74) is 1.67. The van der Waals surface area contributed by atoms with E-state index in [-0.39, 0.29) is 30.2 Å². The molecule has 3 aromatic carbocycles. The molecule has 1 aromatic heterocycles. The standard InChI is InChI=1S/C26H21FN2O3S/c27-21-10-5-11-22-23(21)20(15-32-19-8-2-1-3-9-19)24(33-22)26(31)29-18-7-4-6-17(14-18)28-25(30)16-12-13-16/h1-11,14,16H,12-13,15H2,(H,28,30)(H,29,31). The fourth-order valence-electron chi connectivity index (χ4n) is 3.61. The van der Waals surface area contributed by atoms with Crippen LogP contribution in [0.3, 0.4) is 0 Å². The van der Waals surface area contributed by atoms with Crippen molar-refractivity contribution in [3.63, 3.8) is 0 Å². The Bertz CT molecular complexity index is 1330. The molecule has 0 atom stereocenters. The van der Waals surface area contributed by atoms with Gasteiger partial charge in [-0.25, -0.2) is 4.39 Å². The number of nitrogens with one attached hydrogen (secondary N) is 2. The van der Waals surface area contributed by atoms with E-state index in [0.29, 0.717) is 37.7 Å². The number of amides is 2. The molecular formula is C26H21FN2O3S. The molecule has 7 heteroatoms. The van der Waals surface area contributed by atoms with E-state index in [1.807, 2.05) is 30.3 Å². The number of fused-ring (bicyclic) bond motifs is 1. The molecule has 0 bridgehead atoms. The first-order chi connectivity index (χ1) is 16.1. The number of anilines is 2. The smallest absolute Gasteiger partial charge is 0.266 e. The lowest BCUT2D eigenvalue weighted by molar-refractivity contribution is -0.117. The van der Waals surface area contributed by atoms with Crippen LogP contribution in [0.1, 0.15) is 28.1 Å². The van der Waals surface area contributed by atoms with Gasteiger partial charge in [0, 0.05) is 32.9 Å². The van der Waals surface area contributed by atoms with Gasteiger partial charge in [0.2, 0.25) is 5.91 Å². The summed E-state index contributed by atoms with van der Waals surface area (Å²) in [5.74, 6) is -0.0199. The molecule has 166 valence electrons. The maximum Gasteiger partial charge on any atom is 0.266 e. The van der Waals surface area contributed by atoms with Crippen molar-refractivity contribution >= 4 is 44.6 Å². The average Bonchev–Trinajstić information content (AvgIpc) is 3.60. The van der Waals surface area contributed by atoms with Gasteiger partial charge in [-0.3, -0.25) is 9.59 Å². The molecule has 5 nitrogen and oxygen atoms in total. The van der Waals surface area contributed by atoms with Gasteiger partial charge in [0.05, 0.1) is 0 Å². The molecule has 0 radical (unpaired) electrons. The van der Waals surface area contributed by atoms with Crippen LogP contribution in [0.5, 0.6) is 5.75 Å². The number of halogens is 1. The third-order valence-corrected chi connectivity index (χ3v) is 6.63. The molecule has 5 rings (SSSR count). The second-order valence-electron chi connectivity index (χ2n) is 7.92. The Kier molecular flexibility index (Phi) is 5.79. The highest BCUT2D eigenvalue weighted by atomic mass is 32.1. The van der Waals surface area contributed by atoms with E-state index in [2.05, 4.69) is 10.6 Å². The number of hydrogen-bond donors (Lipinski definition) is 2. The fourth-order valence-corrected chi connectivity index (χ4v) is 4.73. The number of hydrogen-bond acceptors (Lipinski definition) is 4. The lowest BCUT2D eigenvalue weighted by atomic mass is 10.1. The molecule has 1 aliphatic carbocycles. The summed E-state index contributed by atoms with van der Waals surface area (Å²) in [5, 5.41) is 6.15. The van der Waals surface area contributed by atoms with Gasteiger partial charge in [0.15, 0.2) is 0 Å². The number of para-hydroxylation sites is 1. The van der Waals surface area contributed by atoms with E-state index >= 15 is 0 Å². The quantitative estimate of drug-likeness (QED) is 0.344. The van der Waals surface area contributed by atoms with Crippen LogP contribution >= 0.6 is 11.3 Å². The lowest BCUT2D eigenvalue weighted by Crippen LogP contribution is -2.15. The van der Waals surface area contributed by atoms with Gasteiger partial charge in [0.25, 0.3) is 5.91 Å². The summed E-state index contributed by atoms with van der Waals surface area (Å²) in [6.45, 7) is 0.0607. The molecule has 0 aliphatic heterocycles. The first-order valence-electron chi connectivity index (χ1n) is 10.7. The van der Waals surface area contributed by atoms with Gasteiger partial charge >= 0.3 is 0 Å². The molecular weight excluding hydrogens is 439 g/mol. The summed E-state index contributed by atoms with van der Waals surface area (Å²) in [4.78, 5) is 25.6. The van der Waals surface area contributed by atoms with Crippen molar-refractivity contribution in [2.75, 3.05) is 10.6 Å². The Morgan fingerprint density at radius 1 is 0.939 bits per heavy atom. The highest BCUT2D eigenvalue weighted by Crippen LogP contribution is 2.35. The Morgan fingerprint density at radius 2 is 1.67 bits per heavy atom. The van der Waals surface area contributed by atoms with Gasteiger partial charge in [-0.1, -0.05) is 30.3 Å². The van der Waals surface area contributed by atoms with Gasteiger partial charge in [-0.05, 0) is 55.3 Å². The monoisotopic (exact) mass is 460 g/mol. The molecule has 0 unspecified atom stereocenters. The van der Waals surface area contributed by atoms with Crippen LogP contribution in [0.15, 0.2) is 72.8 Å². The largest absolute Gasteiger partial charge is 0.489 e. The van der Waals surface area contributed by atoms with Gasteiger partial charge < -0.3 is 15.4 Å². The minimum Gasteiger partial charge on any atom is -0.489 e. The van der Waals surface area contributed by atoms with Crippen molar-refractivity contribution in [2.45, 2.75) is 19.4 Å². The Labute approximate surface area is 194 Å². The van der Waals surface area contributed by atoms with Crippen molar-refractivity contribution in [3.05, 3.63) is 89.1 Å². The van der Waals surface area contributed by atoms with Crippen LogP contribution in [0.2, 0.25) is 0 Å². The van der Waals surface area contributed by atoms with Crippen LogP contribution in [-0.2, 0) is 11.4 Å². The van der Waals surface area contributed by atoms with Crippen molar-refractivity contribution in [2.24, 2.45) is 5.92 Å². The minimum absolute atomic E-state index is 0.00111. The number of thiophene rings is 1. The van der Waals surface area contributed by atoms with Gasteiger partial charge in [0.1, 0.15) is 23.1 Å². The summed E-state index contributed by atoms with van der Waals surface area (Å²) >= 11 is 1.23. The minimum atomic E-state index is -0.390. The van der Waals surface area contributed by atoms with Crippen molar-refractivity contribution in [1.82, 2.24) is 0 Å². The molecule has 2 amide bonds. The summed E-state index contributed by atoms with van der Waals surface area (Å²) in [7, 11) is 0. The molecule has 1 aliphatic rings. The van der Waals surface area contributed by atoms with E-state index in [1.54, 1.807) is 36.4 Å². The predicted octanol–water partition coefficient (Wildman–Crippen LogP) is 6.22. The van der Waals surface area contributed by atoms with Crippen LogP contribution in [0.25, 0.3) is 10.1 Å². The second-order valence-corrected chi connectivity index (χ2v) is 8.98. The second kappa shape index (κ2) is 9.03. The first kappa shape index (κ1) is 21.2. The normalized spacial score (nSPS) is 13.0. The SMILES string of the molecule is O=C(Nc1cccc(NC(=O)C2CC2)c1)c1sc2cccc(F)c2c1COc1ccccc1. The van der Waals surface area contributed by atoms with E-state index in [1.165, 1.54) is 17.4 Å². The van der Waals surface area contributed by atoms with Crippen molar-refractivity contribution in [3.8, 4) is 5.75 Å². The maximum absolute atomic E-state index is 14.7. The van der Waals surface area contributed by atoms with Crippen LogP contribution in [0.4, 0.5) is 15.8 Å². The number of rotatable bonds is 7. The first-order valence-corrected chi connectivity index (χ1v) is 11.5. The van der Waals surface area contributed by atoms with Crippen molar-refractivity contribution < 1.29 is 18.7 Å². The number of ether oxygens (including phenoxy) is 1.